The number of hydrogen-bond donors (Lipinski definition) is 2. The lowest BCUT2D eigenvalue weighted by molar-refractivity contribution is 0.194. The Hall–Kier alpha value is -0.730. The molecule has 0 spiro atoms. The van der Waals surface area contributed by atoms with Crippen molar-refractivity contribution >= 4 is 11.6 Å². The summed E-state index contributed by atoms with van der Waals surface area (Å²) in [7, 11) is 0. The largest absolute Gasteiger partial charge is 0.508 e. The number of benzene rings is 1. The first-order valence-electron chi connectivity index (χ1n) is 4.17. The van der Waals surface area contributed by atoms with Crippen LogP contribution in [0.15, 0.2) is 12.1 Å². The molecule has 0 fully saturated rings. The molecule has 13 heavy (non-hydrogen) atoms. The van der Waals surface area contributed by atoms with Crippen molar-refractivity contribution in [3.63, 3.8) is 0 Å². The molecule has 0 heterocycles. The van der Waals surface area contributed by atoms with Crippen LogP contribution in [-0.2, 0) is 6.42 Å². The van der Waals surface area contributed by atoms with Crippen LogP contribution in [0.25, 0.3) is 0 Å². The van der Waals surface area contributed by atoms with Crippen molar-refractivity contribution in [2.24, 2.45) is 0 Å². The number of hydrogen-bond acceptors (Lipinski definition) is 2. The van der Waals surface area contributed by atoms with Gasteiger partial charge in [0.05, 0.1) is 6.10 Å². The van der Waals surface area contributed by atoms with Gasteiger partial charge in [-0.05, 0) is 31.5 Å². The Morgan fingerprint density at radius 3 is 2.62 bits per heavy atom. The van der Waals surface area contributed by atoms with Crippen LogP contribution < -0.4 is 0 Å². The Kier molecular flexibility index (Phi) is 3.17. The van der Waals surface area contributed by atoms with E-state index in [9.17, 15) is 10.2 Å². The van der Waals surface area contributed by atoms with Gasteiger partial charge >= 0.3 is 0 Å². The summed E-state index contributed by atoms with van der Waals surface area (Å²) in [6, 6.07) is 3.20. The first kappa shape index (κ1) is 10.4. The molecule has 2 nitrogen and oxygen atoms in total. The van der Waals surface area contributed by atoms with E-state index in [4.69, 9.17) is 11.6 Å². The van der Waals surface area contributed by atoms with Gasteiger partial charge in [0.25, 0.3) is 0 Å². The van der Waals surface area contributed by atoms with Gasteiger partial charge in [-0.15, -0.1) is 0 Å². The molecule has 1 unspecified atom stereocenters. The molecule has 72 valence electrons. The van der Waals surface area contributed by atoms with Gasteiger partial charge in [0.15, 0.2) is 0 Å². The summed E-state index contributed by atoms with van der Waals surface area (Å²) < 4.78 is 0. The van der Waals surface area contributed by atoms with E-state index in [-0.39, 0.29) is 5.75 Å². The minimum Gasteiger partial charge on any atom is -0.508 e. The fraction of sp³-hybridized carbons (Fsp3) is 0.400. The van der Waals surface area contributed by atoms with Crippen molar-refractivity contribution in [2.45, 2.75) is 26.4 Å². The van der Waals surface area contributed by atoms with Gasteiger partial charge < -0.3 is 10.2 Å². The summed E-state index contributed by atoms with van der Waals surface area (Å²) in [6.45, 7) is 3.51. The number of phenols is 1. The average Bonchev–Trinajstić information content (AvgIpc) is 2.05. The van der Waals surface area contributed by atoms with Gasteiger partial charge in [0.1, 0.15) is 5.75 Å². The Labute approximate surface area is 82.8 Å². The molecule has 0 aliphatic heterocycles. The number of aliphatic hydroxyl groups excluding tert-OH is 1. The maximum absolute atomic E-state index is 9.49. The van der Waals surface area contributed by atoms with E-state index in [1.165, 1.54) is 0 Å². The molecule has 0 aromatic heterocycles. The van der Waals surface area contributed by atoms with Crippen LogP contribution in [-0.4, -0.2) is 16.3 Å². The second-order valence-corrected chi connectivity index (χ2v) is 3.63. The Morgan fingerprint density at radius 2 is 2.08 bits per heavy atom. The molecule has 1 atom stereocenters. The van der Waals surface area contributed by atoms with E-state index in [1.54, 1.807) is 19.1 Å². The SMILES string of the molecule is Cc1c(Cl)ccc(O)c1CC(C)O. The van der Waals surface area contributed by atoms with Crippen molar-refractivity contribution in [3.8, 4) is 5.75 Å². The van der Waals surface area contributed by atoms with Crippen molar-refractivity contribution in [3.05, 3.63) is 28.3 Å². The van der Waals surface area contributed by atoms with Gasteiger partial charge in [-0.3, -0.25) is 0 Å². The zero-order valence-corrected chi connectivity index (χ0v) is 8.47. The van der Waals surface area contributed by atoms with Crippen LogP contribution in [0.5, 0.6) is 5.75 Å². The van der Waals surface area contributed by atoms with Crippen LogP contribution in [0.3, 0.4) is 0 Å². The summed E-state index contributed by atoms with van der Waals surface area (Å²) in [4.78, 5) is 0. The highest BCUT2D eigenvalue weighted by molar-refractivity contribution is 6.31. The van der Waals surface area contributed by atoms with Gasteiger partial charge in [0.2, 0.25) is 0 Å². The normalized spacial score (nSPS) is 12.9. The molecular formula is C10H13ClO2. The highest BCUT2D eigenvalue weighted by Gasteiger charge is 2.10. The lowest BCUT2D eigenvalue weighted by Crippen LogP contribution is -2.06. The molecule has 1 aromatic carbocycles. The Morgan fingerprint density at radius 1 is 1.46 bits per heavy atom. The molecule has 0 saturated carbocycles. The predicted octanol–water partition coefficient (Wildman–Crippen LogP) is 2.28. The highest BCUT2D eigenvalue weighted by atomic mass is 35.5. The standard InChI is InChI=1S/C10H13ClO2/c1-6(12)5-8-7(2)9(11)3-4-10(8)13/h3-4,6,12-13H,5H2,1-2H3. The third-order valence-electron chi connectivity index (χ3n) is 2.01. The van der Waals surface area contributed by atoms with Gasteiger partial charge in [0, 0.05) is 17.0 Å². The summed E-state index contributed by atoms with van der Waals surface area (Å²) >= 11 is 5.88. The van der Waals surface area contributed by atoms with Crippen molar-refractivity contribution in [1.82, 2.24) is 0 Å². The maximum atomic E-state index is 9.49. The summed E-state index contributed by atoms with van der Waals surface area (Å²) in [5.41, 5.74) is 1.56. The number of aliphatic hydroxyl groups is 1. The quantitative estimate of drug-likeness (QED) is 0.769. The van der Waals surface area contributed by atoms with E-state index >= 15 is 0 Å². The molecular weight excluding hydrogens is 188 g/mol. The number of phenolic OH excluding ortho intramolecular Hbond substituents is 1. The molecule has 1 aromatic rings. The first-order chi connectivity index (χ1) is 6.02. The monoisotopic (exact) mass is 200 g/mol. The summed E-state index contributed by atoms with van der Waals surface area (Å²) in [5, 5.41) is 19.3. The molecule has 0 saturated heterocycles. The lowest BCUT2D eigenvalue weighted by Gasteiger charge is -2.11. The van der Waals surface area contributed by atoms with E-state index < -0.39 is 6.10 Å². The Balaban J connectivity index is 3.10. The molecule has 0 aliphatic carbocycles. The van der Waals surface area contributed by atoms with E-state index in [2.05, 4.69) is 0 Å². The molecule has 0 amide bonds. The highest BCUT2D eigenvalue weighted by Crippen LogP contribution is 2.28. The zero-order valence-electron chi connectivity index (χ0n) is 7.71. The number of rotatable bonds is 2. The van der Waals surface area contributed by atoms with Gasteiger partial charge in [-0.25, -0.2) is 0 Å². The first-order valence-corrected chi connectivity index (χ1v) is 4.55. The van der Waals surface area contributed by atoms with Crippen molar-refractivity contribution in [2.75, 3.05) is 0 Å². The topological polar surface area (TPSA) is 40.5 Å². The second-order valence-electron chi connectivity index (χ2n) is 3.22. The van der Waals surface area contributed by atoms with Crippen LogP contribution in [0.2, 0.25) is 5.02 Å². The second kappa shape index (κ2) is 3.99. The van der Waals surface area contributed by atoms with Crippen molar-refractivity contribution < 1.29 is 10.2 Å². The van der Waals surface area contributed by atoms with Crippen molar-refractivity contribution in [1.29, 1.82) is 0 Å². The van der Waals surface area contributed by atoms with Crippen LogP contribution in [0.1, 0.15) is 18.1 Å². The van der Waals surface area contributed by atoms with Crippen LogP contribution in [0.4, 0.5) is 0 Å². The molecule has 2 N–H and O–H groups in total. The number of aromatic hydroxyl groups is 1. The summed E-state index contributed by atoms with van der Waals surface area (Å²) in [6.07, 6.45) is -0.0406. The predicted molar refractivity (Wildman–Crippen MR) is 53.2 cm³/mol. The number of halogens is 1. The fourth-order valence-corrected chi connectivity index (χ4v) is 1.44. The third-order valence-corrected chi connectivity index (χ3v) is 2.42. The van der Waals surface area contributed by atoms with Gasteiger partial charge in [-0.2, -0.15) is 0 Å². The average molecular weight is 201 g/mol. The smallest absolute Gasteiger partial charge is 0.119 e. The zero-order chi connectivity index (χ0) is 10.0. The summed E-state index contributed by atoms with van der Waals surface area (Å²) in [5.74, 6) is 0.197. The molecule has 3 heteroatoms. The lowest BCUT2D eigenvalue weighted by atomic mass is 10.0. The Bertz CT molecular complexity index is 308. The maximum Gasteiger partial charge on any atom is 0.119 e. The van der Waals surface area contributed by atoms with Gasteiger partial charge in [-0.1, -0.05) is 11.6 Å². The third kappa shape index (κ3) is 2.36. The van der Waals surface area contributed by atoms with Crippen LogP contribution in [0, 0.1) is 6.92 Å². The molecule has 0 bridgehead atoms. The minimum atomic E-state index is -0.469. The van der Waals surface area contributed by atoms with E-state index in [0.717, 1.165) is 11.1 Å². The molecule has 0 aliphatic rings. The molecule has 0 radical (unpaired) electrons. The van der Waals surface area contributed by atoms with E-state index in [1.807, 2.05) is 6.92 Å². The van der Waals surface area contributed by atoms with E-state index in [0.29, 0.717) is 11.4 Å². The molecule has 1 rings (SSSR count). The minimum absolute atomic E-state index is 0.197. The van der Waals surface area contributed by atoms with Crippen LogP contribution >= 0.6 is 11.6 Å². The fourth-order valence-electron chi connectivity index (χ4n) is 1.27.